The van der Waals surface area contributed by atoms with Gasteiger partial charge in [0.2, 0.25) is 0 Å². The first kappa shape index (κ1) is 22.8. The maximum absolute atomic E-state index is 12.3. The highest BCUT2D eigenvalue weighted by Crippen LogP contribution is 2.38. The zero-order valence-corrected chi connectivity index (χ0v) is 19.1. The van der Waals surface area contributed by atoms with Gasteiger partial charge in [-0.2, -0.15) is 10.5 Å². The third-order valence-electron chi connectivity index (χ3n) is 5.34. The number of halogens is 1. The molecule has 0 spiro atoms. The minimum absolute atomic E-state index is 0.0536. The van der Waals surface area contributed by atoms with Crippen LogP contribution in [0.15, 0.2) is 53.5 Å². The van der Waals surface area contributed by atoms with Crippen LogP contribution >= 0.6 is 11.6 Å². The Morgan fingerprint density at radius 1 is 1.21 bits per heavy atom. The van der Waals surface area contributed by atoms with Crippen LogP contribution < -0.4 is 0 Å². The summed E-state index contributed by atoms with van der Waals surface area (Å²) in [6.45, 7) is 4.10. The first-order valence-corrected chi connectivity index (χ1v) is 10.7. The van der Waals surface area contributed by atoms with E-state index in [0.717, 1.165) is 11.3 Å². The molecule has 4 rings (SSSR count). The highest BCUT2D eigenvalue weighted by molar-refractivity contribution is 6.32. The summed E-state index contributed by atoms with van der Waals surface area (Å²) in [6, 6.07) is 13.0. The fraction of sp³-hybridized carbons (Fsp3) is 0.160. The number of ether oxygens (including phenoxy) is 1. The van der Waals surface area contributed by atoms with E-state index in [1.807, 2.05) is 11.5 Å². The van der Waals surface area contributed by atoms with E-state index in [2.05, 4.69) is 22.1 Å². The standard InChI is InChI=1S/C25H18ClN5O3/c1-3-33-25(32)19-8-17(11-30-24(19)26)13-31-15(2)22(18-6-4-16(9-27)5-7-18)20(10-28)23(31)21-12-29-14-34-21/h4-8,11-12,14H,3,13H2,1-2H3. The summed E-state index contributed by atoms with van der Waals surface area (Å²) in [5, 5.41) is 19.3. The molecule has 0 N–H and O–H groups in total. The van der Waals surface area contributed by atoms with Crippen molar-refractivity contribution in [2.24, 2.45) is 0 Å². The lowest BCUT2D eigenvalue weighted by Crippen LogP contribution is -2.09. The topological polar surface area (TPSA) is 118 Å². The van der Waals surface area contributed by atoms with E-state index in [4.69, 9.17) is 26.0 Å². The van der Waals surface area contributed by atoms with Gasteiger partial charge in [-0.05, 0) is 43.2 Å². The summed E-state index contributed by atoms with van der Waals surface area (Å²) < 4.78 is 12.5. The van der Waals surface area contributed by atoms with Crippen LogP contribution in [0.4, 0.5) is 0 Å². The minimum atomic E-state index is -0.558. The molecule has 34 heavy (non-hydrogen) atoms. The van der Waals surface area contributed by atoms with Gasteiger partial charge in [-0.25, -0.2) is 14.8 Å². The van der Waals surface area contributed by atoms with Crippen molar-refractivity contribution in [3.63, 3.8) is 0 Å². The van der Waals surface area contributed by atoms with Gasteiger partial charge in [0.1, 0.15) is 16.9 Å². The second kappa shape index (κ2) is 9.62. The van der Waals surface area contributed by atoms with Crippen molar-refractivity contribution >= 4 is 17.6 Å². The molecule has 168 valence electrons. The molecule has 9 heteroatoms. The molecule has 1 aromatic carbocycles. The average molecular weight is 472 g/mol. The Morgan fingerprint density at radius 2 is 1.97 bits per heavy atom. The molecule has 0 atom stereocenters. The molecule has 8 nitrogen and oxygen atoms in total. The first-order chi connectivity index (χ1) is 16.5. The van der Waals surface area contributed by atoms with Gasteiger partial charge in [0.15, 0.2) is 12.2 Å². The molecule has 0 bridgehead atoms. The molecule has 3 heterocycles. The molecule has 0 amide bonds. The van der Waals surface area contributed by atoms with Gasteiger partial charge in [0.05, 0.1) is 35.6 Å². The van der Waals surface area contributed by atoms with Gasteiger partial charge in [-0.1, -0.05) is 23.7 Å². The zero-order valence-electron chi connectivity index (χ0n) is 18.4. The van der Waals surface area contributed by atoms with E-state index in [1.165, 1.54) is 6.39 Å². The third-order valence-corrected chi connectivity index (χ3v) is 5.64. The lowest BCUT2D eigenvalue weighted by atomic mass is 9.99. The maximum atomic E-state index is 12.3. The molecule has 0 fully saturated rings. The SMILES string of the molecule is CCOC(=O)c1cc(Cn2c(C)c(-c3ccc(C#N)cc3)c(C#N)c2-c2cnco2)cnc1Cl. The van der Waals surface area contributed by atoms with Crippen molar-refractivity contribution in [1.29, 1.82) is 10.5 Å². The van der Waals surface area contributed by atoms with Gasteiger partial charge >= 0.3 is 5.97 Å². The van der Waals surface area contributed by atoms with Crippen LogP contribution in [0.1, 0.15) is 39.7 Å². The van der Waals surface area contributed by atoms with Crippen molar-refractivity contribution in [2.45, 2.75) is 20.4 Å². The van der Waals surface area contributed by atoms with Crippen molar-refractivity contribution in [3.05, 3.63) is 82.2 Å². The number of benzene rings is 1. The van der Waals surface area contributed by atoms with Gasteiger partial charge < -0.3 is 13.7 Å². The van der Waals surface area contributed by atoms with Crippen LogP contribution in [0.2, 0.25) is 5.15 Å². The zero-order chi connectivity index (χ0) is 24.2. The van der Waals surface area contributed by atoms with Gasteiger partial charge in [0.25, 0.3) is 0 Å². The number of esters is 1. The normalized spacial score (nSPS) is 10.5. The Kier molecular flexibility index (Phi) is 6.44. The summed E-state index contributed by atoms with van der Waals surface area (Å²) in [4.78, 5) is 20.4. The van der Waals surface area contributed by atoms with Crippen LogP contribution in [0.25, 0.3) is 22.6 Å². The van der Waals surface area contributed by atoms with Crippen molar-refractivity contribution in [3.8, 4) is 34.7 Å². The quantitative estimate of drug-likeness (QED) is 0.282. The Morgan fingerprint density at radius 3 is 2.59 bits per heavy atom. The molecular weight excluding hydrogens is 454 g/mol. The number of hydrogen-bond acceptors (Lipinski definition) is 7. The van der Waals surface area contributed by atoms with Gasteiger partial charge in [0, 0.05) is 24.0 Å². The van der Waals surface area contributed by atoms with Crippen LogP contribution in [0.5, 0.6) is 0 Å². The predicted molar refractivity (Wildman–Crippen MR) is 124 cm³/mol. The summed E-state index contributed by atoms with van der Waals surface area (Å²) in [5.74, 6) is -0.135. The summed E-state index contributed by atoms with van der Waals surface area (Å²) in [5.41, 5.74) is 4.62. The smallest absolute Gasteiger partial charge is 0.341 e. The number of pyridine rings is 1. The summed E-state index contributed by atoms with van der Waals surface area (Å²) in [6.07, 6.45) is 4.41. The highest BCUT2D eigenvalue weighted by atomic mass is 35.5. The number of nitriles is 2. The maximum Gasteiger partial charge on any atom is 0.341 e. The lowest BCUT2D eigenvalue weighted by molar-refractivity contribution is 0.0526. The summed E-state index contributed by atoms with van der Waals surface area (Å²) >= 11 is 6.12. The summed E-state index contributed by atoms with van der Waals surface area (Å²) in [7, 11) is 0. The van der Waals surface area contributed by atoms with Gasteiger partial charge in [-0.15, -0.1) is 0 Å². The fourth-order valence-electron chi connectivity index (χ4n) is 3.81. The molecule has 4 aromatic rings. The van der Waals surface area contributed by atoms with Crippen LogP contribution in [-0.2, 0) is 11.3 Å². The van der Waals surface area contributed by atoms with E-state index < -0.39 is 5.97 Å². The molecule has 0 unspecified atom stereocenters. The molecule has 0 radical (unpaired) electrons. The average Bonchev–Trinajstić information content (AvgIpc) is 3.47. The van der Waals surface area contributed by atoms with E-state index >= 15 is 0 Å². The number of aromatic nitrogens is 3. The van der Waals surface area contributed by atoms with Crippen LogP contribution in [0, 0.1) is 29.6 Å². The molecule has 0 saturated carbocycles. The number of oxazole rings is 1. The molecule has 0 aliphatic heterocycles. The Bertz CT molecular complexity index is 1440. The van der Waals surface area contributed by atoms with Crippen molar-refractivity contribution in [2.75, 3.05) is 6.61 Å². The first-order valence-electron chi connectivity index (χ1n) is 10.3. The van der Waals surface area contributed by atoms with E-state index in [-0.39, 0.29) is 23.9 Å². The number of rotatable bonds is 6. The second-order valence-electron chi connectivity index (χ2n) is 7.34. The number of carbonyl (C=O) groups excluding carboxylic acids is 1. The monoisotopic (exact) mass is 471 g/mol. The third kappa shape index (κ3) is 4.15. The number of nitrogens with zero attached hydrogens (tertiary/aromatic N) is 5. The largest absolute Gasteiger partial charge is 0.462 e. The highest BCUT2D eigenvalue weighted by Gasteiger charge is 2.25. The fourth-order valence-corrected chi connectivity index (χ4v) is 3.99. The van der Waals surface area contributed by atoms with Crippen LogP contribution in [-0.4, -0.2) is 27.1 Å². The van der Waals surface area contributed by atoms with E-state index in [1.54, 1.807) is 49.6 Å². The van der Waals surface area contributed by atoms with E-state index in [0.29, 0.717) is 33.7 Å². The molecule has 0 aliphatic carbocycles. The number of carbonyl (C=O) groups is 1. The Balaban J connectivity index is 1.89. The molecule has 0 aliphatic rings. The van der Waals surface area contributed by atoms with Crippen molar-refractivity contribution < 1.29 is 13.9 Å². The lowest BCUT2D eigenvalue weighted by Gasteiger charge is -2.12. The van der Waals surface area contributed by atoms with E-state index in [9.17, 15) is 10.1 Å². The predicted octanol–water partition coefficient (Wildman–Crippen LogP) is 5.14. The number of hydrogen-bond donors (Lipinski definition) is 0. The molecule has 0 saturated heterocycles. The minimum Gasteiger partial charge on any atom is -0.462 e. The Hall–Kier alpha value is -4.40. The van der Waals surface area contributed by atoms with Crippen LogP contribution in [0.3, 0.4) is 0 Å². The van der Waals surface area contributed by atoms with Crippen molar-refractivity contribution in [1.82, 2.24) is 14.5 Å². The molecule has 3 aromatic heterocycles. The second-order valence-corrected chi connectivity index (χ2v) is 7.70. The Labute approximate surface area is 200 Å². The molecular formula is C25H18ClN5O3. The van der Waals surface area contributed by atoms with Gasteiger partial charge in [-0.3, -0.25) is 0 Å².